The lowest BCUT2D eigenvalue weighted by Gasteiger charge is -2.21. The molecule has 2 nitrogen and oxygen atoms in total. The van der Waals surface area contributed by atoms with Crippen LogP contribution in [-0.2, 0) is 4.79 Å². The van der Waals surface area contributed by atoms with Crippen molar-refractivity contribution in [2.45, 2.75) is 6.92 Å². The van der Waals surface area contributed by atoms with Crippen LogP contribution in [0.5, 0.6) is 5.75 Å². The molecule has 0 unspecified atom stereocenters. The molecule has 7 aromatic carbocycles. The van der Waals surface area contributed by atoms with Gasteiger partial charge in [-0.25, -0.2) is 0 Å². The van der Waals surface area contributed by atoms with E-state index in [9.17, 15) is 4.79 Å². The Morgan fingerprint density at radius 1 is 0.571 bits per heavy atom. The number of rotatable bonds is 1. The normalized spacial score (nSPS) is 12.6. The van der Waals surface area contributed by atoms with Crippen LogP contribution in [-0.4, -0.2) is 5.97 Å². The van der Waals surface area contributed by atoms with Crippen molar-refractivity contribution < 1.29 is 9.53 Å². The monoisotopic (exact) mass is 358 g/mol. The molecule has 28 heavy (non-hydrogen) atoms. The van der Waals surface area contributed by atoms with E-state index in [-0.39, 0.29) is 5.97 Å². The third kappa shape index (κ3) is 1.54. The van der Waals surface area contributed by atoms with Crippen LogP contribution in [0, 0.1) is 0 Å². The molecule has 0 radical (unpaired) electrons. The van der Waals surface area contributed by atoms with Gasteiger partial charge in [-0.3, -0.25) is 4.79 Å². The Kier molecular flexibility index (Phi) is 2.37. The Morgan fingerprint density at radius 3 is 1.46 bits per heavy atom. The van der Waals surface area contributed by atoms with E-state index in [0.717, 1.165) is 10.8 Å². The Bertz CT molecular complexity index is 1650. The number of ether oxygens (including phenoxy) is 1. The molecule has 0 saturated heterocycles. The van der Waals surface area contributed by atoms with E-state index >= 15 is 0 Å². The van der Waals surface area contributed by atoms with Crippen molar-refractivity contribution >= 4 is 70.6 Å². The van der Waals surface area contributed by atoms with Gasteiger partial charge < -0.3 is 4.74 Å². The maximum Gasteiger partial charge on any atom is 0.308 e. The number of hydrogen-bond acceptors (Lipinski definition) is 2. The van der Waals surface area contributed by atoms with Crippen molar-refractivity contribution in [3.8, 4) is 5.75 Å². The lowest BCUT2D eigenvalue weighted by molar-refractivity contribution is -0.131. The van der Waals surface area contributed by atoms with Gasteiger partial charge in [0.1, 0.15) is 5.75 Å². The summed E-state index contributed by atoms with van der Waals surface area (Å²) in [6.45, 7) is 1.46. The minimum absolute atomic E-state index is 0.292. The van der Waals surface area contributed by atoms with Crippen LogP contribution in [0.2, 0.25) is 0 Å². The first-order valence-corrected chi connectivity index (χ1v) is 9.49. The average molecular weight is 358 g/mol. The fourth-order valence-corrected chi connectivity index (χ4v) is 5.19. The Labute approximate surface area is 159 Å². The number of carbonyl (C=O) groups excluding carboxylic acids is 1. The van der Waals surface area contributed by atoms with Crippen molar-refractivity contribution in [2.24, 2.45) is 0 Å². The third-order valence-electron chi connectivity index (χ3n) is 6.22. The first kappa shape index (κ1) is 14.4. The van der Waals surface area contributed by atoms with Gasteiger partial charge in [0.2, 0.25) is 0 Å². The van der Waals surface area contributed by atoms with Crippen LogP contribution in [0.1, 0.15) is 6.92 Å². The molecule has 0 aromatic heterocycles. The van der Waals surface area contributed by atoms with E-state index in [1.165, 1.54) is 60.8 Å². The standard InChI is InChI=1S/C26H14O2/c1-13(27)28-20-12-18-9-8-16-5-3-14-2-4-15-6-7-17-10-11-19(20)26-24(17)22(15)21(14)23(16)25(18)26/h2-12H,1H3. The number of hydrogen-bond donors (Lipinski definition) is 0. The van der Waals surface area contributed by atoms with E-state index in [1.54, 1.807) is 0 Å². The summed E-state index contributed by atoms with van der Waals surface area (Å²) in [5, 5.41) is 14.8. The van der Waals surface area contributed by atoms with Gasteiger partial charge in [-0.15, -0.1) is 0 Å². The van der Waals surface area contributed by atoms with Crippen molar-refractivity contribution in [3.63, 3.8) is 0 Å². The highest BCUT2D eigenvalue weighted by Crippen LogP contribution is 2.49. The summed E-state index contributed by atoms with van der Waals surface area (Å²) in [7, 11) is 0. The SMILES string of the molecule is CC(=O)Oc1cc2ccc3ccc4ccc5ccc6ccc1c1c6c5c4c3c21. The molecule has 7 aromatic rings. The lowest BCUT2D eigenvalue weighted by Crippen LogP contribution is -2.02. The largest absolute Gasteiger partial charge is 0.426 e. The summed E-state index contributed by atoms with van der Waals surface area (Å²) < 4.78 is 5.63. The molecule has 0 bridgehead atoms. The number of carbonyl (C=O) groups is 1. The van der Waals surface area contributed by atoms with Crippen molar-refractivity contribution in [1.82, 2.24) is 0 Å². The van der Waals surface area contributed by atoms with Gasteiger partial charge in [0, 0.05) is 17.7 Å². The smallest absolute Gasteiger partial charge is 0.308 e. The maximum atomic E-state index is 11.8. The molecular formula is C26H14O2. The summed E-state index contributed by atoms with van der Waals surface area (Å²) in [6, 6.07) is 23.8. The predicted molar refractivity (Wildman–Crippen MR) is 116 cm³/mol. The highest BCUT2D eigenvalue weighted by atomic mass is 16.5. The maximum absolute atomic E-state index is 11.8. The molecule has 0 aliphatic carbocycles. The van der Waals surface area contributed by atoms with E-state index in [2.05, 4.69) is 60.7 Å². The number of esters is 1. The average Bonchev–Trinajstić information content (AvgIpc) is 2.71. The van der Waals surface area contributed by atoms with Crippen LogP contribution < -0.4 is 4.74 Å². The zero-order valence-electron chi connectivity index (χ0n) is 15.2. The summed E-state index contributed by atoms with van der Waals surface area (Å²) in [4.78, 5) is 11.8. The molecule has 0 spiro atoms. The molecule has 0 aliphatic heterocycles. The zero-order valence-corrected chi connectivity index (χ0v) is 15.2. The van der Waals surface area contributed by atoms with Gasteiger partial charge in [-0.1, -0.05) is 54.6 Å². The van der Waals surface area contributed by atoms with E-state index in [0.29, 0.717) is 5.75 Å². The van der Waals surface area contributed by atoms with E-state index in [1.807, 2.05) is 6.07 Å². The van der Waals surface area contributed by atoms with Gasteiger partial charge >= 0.3 is 5.97 Å². The van der Waals surface area contributed by atoms with Gasteiger partial charge in [-0.05, 0) is 66.0 Å². The molecule has 0 aliphatic rings. The van der Waals surface area contributed by atoms with Crippen LogP contribution >= 0.6 is 0 Å². The molecule has 0 saturated carbocycles. The first-order valence-electron chi connectivity index (χ1n) is 9.49. The molecule has 0 amide bonds. The second-order valence-electron chi connectivity index (χ2n) is 7.71. The van der Waals surface area contributed by atoms with Crippen molar-refractivity contribution in [3.05, 3.63) is 66.7 Å². The van der Waals surface area contributed by atoms with E-state index < -0.39 is 0 Å². The molecular weight excluding hydrogens is 344 g/mol. The first-order chi connectivity index (χ1) is 13.7. The van der Waals surface area contributed by atoms with Crippen LogP contribution in [0.25, 0.3) is 64.6 Å². The molecule has 2 heteroatoms. The van der Waals surface area contributed by atoms with Crippen LogP contribution in [0.15, 0.2) is 66.7 Å². The van der Waals surface area contributed by atoms with Crippen molar-refractivity contribution in [1.29, 1.82) is 0 Å². The fourth-order valence-electron chi connectivity index (χ4n) is 5.19. The lowest BCUT2D eigenvalue weighted by atomic mass is 9.83. The van der Waals surface area contributed by atoms with Crippen LogP contribution in [0.3, 0.4) is 0 Å². The Morgan fingerprint density at radius 2 is 0.964 bits per heavy atom. The van der Waals surface area contributed by atoms with Gasteiger partial charge in [-0.2, -0.15) is 0 Å². The minimum atomic E-state index is -0.292. The topological polar surface area (TPSA) is 26.3 Å². The van der Waals surface area contributed by atoms with Gasteiger partial charge in [0.15, 0.2) is 0 Å². The van der Waals surface area contributed by atoms with Gasteiger partial charge in [0.25, 0.3) is 0 Å². The molecule has 0 N–H and O–H groups in total. The van der Waals surface area contributed by atoms with Crippen LogP contribution in [0.4, 0.5) is 0 Å². The molecule has 0 heterocycles. The van der Waals surface area contributed by atoms with Gasteiger partial charge in [0.05, 0.1) is 0 Å². The molecule has 130 valence electrons. The third-order valence-corrected chi connectivity index (χ3v) is 6.22. The highest BCUT2D eigenvalue weighted by Gasteiger charge is 2.21. The highest BCUT2D eigenvalue weighted by molar-refractivity contribution is 6.44. The predicted octanol–water partition coefficient (Wildman–Crippen LogP) is 6.84. The molecule has 7 rings (SSSR count). The number of benzene rings is 7. The summed E-state index contributed by atoms with van der Waals surface area (Å²) in [6.07, 6.45) is 0. The second-order valence-corrected chi connectivity index (χ2v) is 7.71. The second kappa shape index (κ2) is 4.60. The minimum Gasteiger partial charge on any atom is -0.426 e. The quantitative estimate of drug-likeness (QED) is 0.139. The Hall–Kier alpha value is -3.65. The zero-order chi connectivity index (χ0) is 18.6. The summed E-state index contributed by atoms with van der Waals surface area (Å²) in [5.74, 6) is 0.347. The van der Waals surface area contributed by atoms with E-state index in [4.69, 9.17) is 4.74 Å². The summed E-state index contributed by atoms with van der Waals surface area (Å²) in [5.41, 5.74) is 0. The van der Waals surface area contributed by atoms with Crippen molar-refractivity contribution in [2.75, 3.05) is 0 Å². The molecule has 0 atom stereocenters. The Balaban J connectivity index is 1.94. The summed E-state index contributed by atoms with van der Waals surface area (Å²) >= 11 is 0. The molecule has 0 fully saturated rings. The fraction of sp³-hybridized carbons (Fsp3) is 0.0385.